The maximum atomic E-state index is 5.59. The lowest BCUT2D eigenvalue weighted by Crippen LogP contribution is -2.20. The fourth-order valence-electron chi connectivity index (χ4n) is 4.03. The van der Waals surface area contributed by atoms with Gasteiger partial charge in [-0.15, -0.1) is 0 Å². The standard InChI is InChI=1S/C27H30N4S/c1-5-18(2)21-13-15-24(16-14-21)28-27(32)29-26-19(3)30-31(20(26)4)17-23-11-8-10-22-9-6-7-12-25(22)23/h6-16,18H,5,17H2,1-4H3,(H2,28,29,32). The first-order valence-electron chi connectivity index (χ1n) is 11.1. The van der Waals surface area contributed by atoms with Crippen LogP contribution in [0.15, 0.2) is 66.7 Å². The average molecular weight is 443 g/mol. The highest BCUT2D eigenvalue weighted by Crippen LogP contribution is 2.25. The fraction of sp³-hybridized carbons (Fsp3) is 0.259. The Labute approximate surface area is 195 Å². The van der Waals surface area contributed by atoms with Gasteiger partial charge in [0.25, 0.3) is 0 Å². The molecule has 0 aliphatic rings. The van der Waals surface area contributed by atoms with Gasteiger partial charge in [0.05, 0.1) is 23.6 Å². The molecule has 1 aromatic heterocycles. The van der Waals surface area contributed by atoms with Crippen LogP contribution in [-0.2, 0) is 6.54 Å². The highest BCUT2D eigenvalue weighted by molar-refractivity contribution is 7.80. The lowest BCUT2D eigenvalue weighted by atomic mass is 9.99. The highest BCUT2D eigenvalue weighted by Gasteiger charge is 2.14. The maximum Gasteiger partial charge on any atom is 0.175 e. The molecule has 3 aromatic carbocycles. The van der Waals surface area contributed by atoms with Gasteiger partial charge in [0, 0.05) is 5.69 Å². The molecule has 4 rings (SSSR count). The van der Waals surface area contributed by atoms with Gasteiger partial charge in [-0.05, 0) is 72.4 Å². The van der Waals surface area contributed by atoms with E-state index in [0.717, 1.165) is 29.2 Å². The number of aryl methyl sites for hydroxylation is 1. The van der Waals surface area contributed by atoms with Crippen molar-refractivity contribution >= 4 is 39.5 Å². The van der Waals surface area contributed by atoms with Crippen LogP contribution in [0.1, 0.15) is 48.7 Å². The minimum Gasteiger partial charge on any atom is -0.332 e. The number of aromatic nitrogens is 2. The van der Waals surface area contributed by atoms with Crippen LogP contribution in [0, 0.1) is 13.8 Å². The summed E-state index contributed by atoms with van der Waals surface area (Å²) in [5, 5.41) is 14.5. The zero-order valence-corrected chi connectivity index (χ0v) is 20.0. The van der Waals surface area contributed by atoms with Gasteiger partial charge in [0.1, 0.15) is 0 Å². The number of rotatable bonds is 6. The number of nitrogens with zero attached hydrogens (tertiary/aromatic N) is 2. The quantitative estimate of drug-likeness (QED) is 0.315. The predicted molar refractivity (Wildman–Crippen MR) is 140 cm³/mol. The van der Waals surface area contributed by atoms with E-state index in [4.69, 9.17) is 17.3 Å². The molecule has 2 N–H and O–H groups in total. The third kappa shape index (κ3) is 4.68. The Morgan fingerprint density at radius 3 is 2.44 bits per heavy atom. The second kappa shape index (κ2) is 9.53. The van der Waals surface area contributed by atoms with E-state index in [9.17, 15) is 0 Å². The van der Waals surface area contributed by atoms with Crippen molar-refractivity contribution in [3.63, 3.8) is 0 Å². The largest absolute Gasteiger partial charge is 0.332 e. The summed E-state index contributed by atoms with van der Waals surface area (Å²) in [5.41, 5.74) is 6.53. The van der Waals surface area contributed by atoms with Crippen LogP contribution in [0.4, 0.5) is 11.4 Å². The summed E-state index contributed by atoms with van der Waals surface area (Å²) in [7, 11) is 0. The first-order valence-corrected chi connectivity index (χ1v) is 11.6. The zero-order chi connectivity index (χ0) is 22.7. The first kappa shape index (κ1) is 22.0. The van der Waals surface area contributed by atoms with Crippen LogP contribution < -0.4 is 10.6 Å². The minimum absolute atomic E-state index is 0.562. The molecule has 0 radical (unpaired) electrons. The fourth-order valence-corrected chi connectivity index (χ4v) is 4.25. The molecule has 0 saturated carbocycles. The molecule has 0 amide bonds. The van der Waals surface area contributed by atoms with Gasteiger partial charge in [-0.1, -0.05) is 68.4 Å². The molecule has 0 aliphatic heterocycles. The van der Waals surface area contributed by atoms with Crippen molar-refractivity contribution < 1.29 is 0 Å². The van der Waals surface area contributed by atoms with Crippen molar-refractivity contribution in [3.8, 4) is 0 Å². The maximum absolute atomic E-state index is 5.59. The van der Waals surface area contributed by atoms with Crippen LogP contribution in [0.2, 0.25) is 0 Å². The molecule has 0 spiro atoms. The second-order valence-electron chi connectivity index (χ2n) is 8.35. The van der Waals surface area contributed by atoms with Crippen molar-refractivity contribution in [2.75, 3.05) is 10.6 Å². The summed E-state index contributed by atoms with van der Waals surface area (Å²) < 4.78 is 2.04. The zero-order valence-electron chi connectivity index (χ0n) is 19.1. The molecule has 1 heterocycles. The van der Waals surface area contributed by atoms with E-state index in [2.05, 4.69) is 98.1 Å². The summed E-state index contributed by atoms with van der Waals surface area (Å²) in [5.74, 6) is 0.562. The average Bonchev–Trinajstić information content (AvgIpc) is 3.06. The van der Waals surface area contributed by atoms with Gasteiger partial charge in [-0.25, -0.2) is 0 Å². The summed E-state index contributed by atoms with van der Waals surface area (Å²) in [6, 6.07) is 23.4. The first-order chi connectivity index (χ1) is 15.5. The van der Waals surface area contributed by atoms with Crippen LogP contribution >= 0.6 is 12.2 Å². The molecule has 0 saturated heterocycles. The number of anilines is 2. The third-order valence-electron chi connectivity index (χ3n) is 6.17. The lowest BCUT2D eigenvalue weighted by Gasteiger charge is -2.13. The summed E-state index contributed by atoms with van der Waals surface area (Å²) in [6.45, 7) is 9.26. The summed E-state index contributed by atoms with van der Waals surface area (Å²) in [6.07, 6.45) is 1.13. The molecule has 4 nitrogen and oxygen atoms in total. The van der Waals surface area contributed by atoms with E-state index >= 15 is 0 Å². The number of fused-ring (bicyclic) bond motifs is 1. The van der Waals surface area contributed by atoms with Gasteiger partial charge in [-0.3, -0.25) is 4.68 Å². The SMILES string of the molecule is CCC(C)c1ccc(NC(=S)Nc2c(C)nn(Cc3cccc4ccccc34)c2C)cc1. The van der Waals surface area contributed by atoms with Gasteiger partial charge in [0.2, 0.25) is 0 Å². The van der Waals surface area contributed by atoms with Crippen LogP contribution in [0.3, 0.4) is 0 Å². The molecule has 0 aliphatic carbocycles. The number of thiocarbonyl (C=S) groups is 1. The van der Waals surface area contributed by atoms with Crippen molar-refractivity contribution in [2.45, 2.75) is 46.6 Å². The van der Waals surface area contributed by atoms with E-state index in [0.29, 0.717) is 17.6 Å². The van der Waals surface area contributed by atoms with Gasteiger partial charge in [0.15, 0.2) is 5.11 Å². The van der Waals surface area contributed by atoms with Crippen molar-refractivity contribution in [3.05, 3.63) is 89.2 Å². The van der Waals surface area contributed by atoms with Crippen LogP contribution in [0.25, 0.3) is 10.8 Å². The molecule has 1 atom stereocenters. The molecule has 5 heteroatoms. The lowest BCUT2D eigenvalue weighted by molar-refractivity contribution is 0.662. The van der Waals surface area contributed by atoms with E-state index in [1.807, 2.05) is 11.6 Å². The van der Waals surface area contributed by atoms with E-state index in [1.54, 1.807) is 0 Å². The summed E-state index contributed by atoms with van der Waals surface area (Å²) >= 11 is 5.59. The molecule has 4 aromatic rings. The Balaban J connectivity index is 1.48. The monoisotopic (exact) mass is 442 g/mol. The predicted octanol–water partition coefficient (Wildman–Crippen LogP) is 7.02. The molecule has 1 unspecified atom stereocenters. The Morgan fingerprint density at radius 2 is 1.69 bits per heavy atom. The second-order valence-corrected chi connectivity index (χ2v) is 8.76. The molecular weight excluding hydrogens is 412 g/mol. The van der Waals surface area contributed by atoms with Gasteiger partial charge >= 0.3 is 0 Å². The number of nitrogens with one attached hydrogen (secondary N) is 2. The Hall–Kier alpha value is -3.18. The smallest absolute Gasteiger partial charge is 0.175 e. The van der Waals surface area contributed by atoms with Gasteiger partial charge < -0.3 is 10.6 Å². The van der Waals surface area contributed by atoms with E-state index in [-0.39, 0.29) is 0 Å². The number of hydrogen-bond acceptors (Lipinski definition) is 2. The Kier molecular flexibility index (Phi) is 6.56. The number of benzene rings is 3. The van der Waals surface area contributed by atoms with Crippen molar-refractivity contribution in [1.82, 2.24) is 9.78 Å². The van der Waals surface area contributed by atoms with Gasteiger partial charge in [-0.2, -0.15) is 5.10 Å². The summed E-state index contributed by atoms with van der Waals surface area (Å²) in [4.78, 5) is 0. The van der Waals surface area contributed by atoms with E-state index in [1.165, 1.54) is 21.9 Å². The topological polar surface area (TPSA) is 41.9 Å². The van der Waals surface area contributed by atoms with Crippen molar-refractivity contribution in [2.24, 2.45) is 0 Å². The van der Waals surface area contributed by atoms with E-state index < -0.39 is 0 Å². The highest BCUT2D eigenvalue weighted by atomic mass is 32.1. The third-order valence-corrected chi connectivity index (χ3v) is 6.37. The molecule has 0 bridgehead atoms. The Morgan fingerprint density at radius 1 is 0.969 bits per heavy atom. The minimum atomic E-state index is 0.562. The molecular formula is C27H30N4S. The molecule has 164 valence electrons. The van der Waals surface area contributed by atoms with Crippen molar-refractivity contribution in [1.29, 1.82) is 0 Å². The molecule has 32 heavy (non-hydrogen) atoms. The van der Waals surface area contributed by atoms with Crippen LogP contribution in [0.5, 0.6) is 0 Å². The Bertz CT molecular complexity index is 1240. The number of hydrogen-bond donors (Lipinski definition) is 2. The molecule has 0 fully saturated rings. The van der Waals surface area contributed by atoms with Crippen LogP contribution in [-0.4, -0.2) is 14.9 Å². The normalized spacial score (nSPS) is 12.0.